The van der Waals surface area contributed by atoms with E-state index in [9.17, 15) is 4.79 Å². The number of nitrogens with zero attached hydrogens (tertiary/aromatic N) is 1. The third-order valence-electron chi connectivity index (χ3n) is 1.13. The van der Waals surface area contributed by atoms with E-state index in [4.69, 9.17) is 0 Å². The second kappa shape index (κ2) is 4.18. The lowest BCUT2D eigenvalue weighted by molar-refractivity contribution is -0.114. The number of hydrogen-bond acceptors (Lipinski definition) is 2. The normalized spacial score (nSPS) is 9.58. The first kappa shape index (κ1) is 9.91. The summed E-state index contributed by atoms with van der Waals surface area (Å²) in [6.07, 6.45) is 1.69. The Morgan fingerprint density at radius 3 is 3.00 bits per heavy atom. The lowest BCUT2D eigenvalue weighted by Gasteiger charge is -2.03. The van der Waals surface area contributed by atoms with Gasteiger partial charge in [0.15, 0.2) is 0 Å². The van der Waals surface area contributed by atoms with Crippen molar-refractivity contribution < 1.29 is 4.79 Å². The van der Waals surface area contributed by atoms with Gasteiger partial charge in [-0.15, -0.1) is 0 Å². The van der Waals surface area contributed by atoms with Crippen LogP contribution in [0, 0.1) is 3.57 Å². The van der Waals surface area contributed by atoms with Crippen molar-refractivity contribution in [1.82, 2.24) is 4.98 Å². The molecule has 1 heterocycles. The largest absolute Gasteiger partial charge is 0.325 e. The summed E-state index contributed by atoms with van der Waals surface area (Å²) in [6.45, 7) is 1.48. The van der Waals surface area contributed by atoms with Crippen molar-refractivity contribution in [2.75, 3.05) is 5.32 Å². The van der Waals surface area contributed by atoms with Crippen molar-refractivity contribution in [2.45, 2.75) is 6.92 Å². The number of halogens is 2. The number of pyridine rings is 1. The SMILES string of the molecule is CC(=O)Nc1cc(Br)ncc1I. The molecular weight excluding hydrogens is 335 g/mol. The highest BCUT2D eigenvalue weighted by atomic mass is 127. The lowest BCUT2D eigenvalue weighted by atomic mass is 10.4. The Hall–Kier alpha value is -0.170. The fraction of sp³-hybridized carbons (Fsp3) is 0.143. The zero-order valence-corrected chi connectivity index (χ0v) is 10.0. The highest BCUT2D eigenvalue weighted by Crippen LogP contribution is 2.20. The molecule has 0 aliphatic carbocycles. The maximum Gasteiger partial charge on any atom is 0.221 e. The molecule has 0 aliphatic heterocycles. The van der Waals surface area contributed by atoms with E-state index < -0.39 is 0 Å². The lowest BCUT2D eigenvalue weighted by Crippen LogP contribution is -2.07. The van der Waals surface area contributed by atoms with Crippen molar-refractivity contribution >= 4 is 50.1 Å². The summed E-state index contributed by atoms with van der Waals surface area (Å²) in [7, 11) is 0. The van der Waals surface area contributed by atoms with Gasteiger partial charge in [-0.3, -0.25) is 4.79 Å². The molecule has 0 saturated heterocycles. The van der Waals surface area contributed by atoms with Gasteiger partial charge in [0.1, 0.15) is 4.60 Å². The van der Waals surface area contributed by atoms with Gasteiger partial charge in [0.05, 0.1) is 9.26 Å². The average molecular weight is 341 g/mol. The summed E-state index contributed by atoms with van der Waals surface area (Å²) in [4.78, 5) is 14.7. The van der Waals surface area contributed by atoms with Crippen LogP contribution in [0.1, 0.15) is 6.92 Å². The smallest absolute Gasteiger partial charge is 0.221 e. The van der Waals surface area contributed by atoms with E-state index in [0.29, 0.717) is 4.60 Å². The molecule has 0 aliphatic rings. The van der Waals surface area contributed by atoms with E-state index in [0.717, 1.165) is 9.26 Å². The Kier molecular flexibility index (Phi) is 3.45. The number of amides is 1. The first-order chi connectivity index (χ1) is 5.59. The van der Waals surface area contributed by atoms with Crippen LogP contribution in [0.15, 0.2) is 16.9 Å². The van der Waals surface area contributed by atoms with Crippen molar-refractivity contribution in [2.24, 2.45) is 0 Å². The Labute approximate surface area is 92.2 Å². The third kappa shape index (κ3) is 2.71. The van der Waals surface area contributed by atoms with Gasteiger partial charge in [0.25, 0.3) is 0 Å². The van der Waals surface area contributed by atoms with Crippen LogP contribution < -0.4 is 5.32 Å². The van der Waals surface area contributed by atoms with Gasteiger partial charge in [0.2, 0.25) is 5.91 Å². The fourth-order valence-corrected chi connectivity index (χ4v) is 1.46. The highest BCUT2D eigenvalue weighted by Gasteiger charge is 2.01. The van der Waals surface area contributed by atoms with Crippen LogP contribution in [0.25, 0.3) is 0 Å². The number of anilines is 1. The second-order valence-electron chi connectivity index (χ2n) is 2.17. The molecule has 5 heteroatoms. The van der Waals surface area contributed by atoms with E-state index in [2.05, 4.69) is 48.8 Å². The van der Waals surface area contributed by atoms with Crippen LogP contribution in [-0.2, 0) is 4.79 Å². The van der Waals surface area contributed by atoms with Crippen LogP contribution in [0.3, 0.4) is 0 Å². The van der Waals surface area contributed by atoms with E-state index in [1.807, 2.05) is 0 Å². The number of carbonyl (C=O) groups is 1. The zero-order valence-electron chi connectivity index (χ0n) is 6.27. The summed E-state index contributed by atoms with van der Waals surface area (Å²) in [5, 5.41) is 2.70. The van der Waals surface area contributed by atoms with Crippen LogP contribution in [0.5, 0.6) is 0 Å². The van der Waals surface area contributed by atoms with Crippen molar-refractivity contribution in [3.8, 4) is 0 Å². The molecule has 1 N–H and O–H groups in total. The molecule has 0 unspecified atom stereocenters. The summed E-state index contributed by atoms with van der Waals surface area (Å²) in [5.74, 6) is -0.0778. The Bertz CT molecular complexity index is 316. The first-order valence-corrected chi connectivity index (χ1v) is 5.05. The van der Waals surface area contributed by atoms with E-state index >= 15 is 0 Å². The molecule has 0 saturated carbocycles. The summed E-state index contributed by atoms with van der Waals surface area (Å²) in [6, 6.07) is 1.77. The van der Waals surface area contributed by atoms with Crippen molar-refractivity contribution in [3.05, 3.63) is 20.4 Å². The van der Waals surface area contributed by atoms with E-state index in [1.54, 1.807) is 12.3 Å². The predicted octanol–water partition coefficient (Wildman–Crippen LogP) is 2.41. The van der Waals surface area contributed by atoms with E-state index in [1.165, 1.54) is 6.92 Å². The van der Waals surface area contributed by atoms with E-state index in [-0.39, 0.29) is 5.91 Å². The van der Waals surface area contributed by atoms with Gasteiger partial charge in [0, 0.05) is 13.1 Å². The molecule has 64 valence electrons. The molecule has 0 aromatic carbocycles. The maximum absolute atomic E-state index is 10.7. The van der Waals surface area contributed by atoms with Gasteiger partial charge in [-0.05, 0) is 44.6 Å². The number of nitrogens with one attached hydrogen (secondary N) is 1. The minimum atomic E-state index is -0.0778. The summed E-state index contributed by atoms with van der Waals surface area (Å²) < 4.78 is 1.64. The standard InChI is InChI=1S/C7H6BrIN2O/c1-4(12)11-6-2-7(8)10-3-5(6)9/h2-3H,1H3,(H,10,11,12). The molecule has 0 atom stereocenters. The number of hydrogen-bond donors (Lipinski definition) is 1. The number of rotatable bonds is 1. The Morgan fingerprint density at radius 2 is 2.42 bits per heavy atom. The van der Waals surface area contributed by atoms with Crippen LogP contribution in [0.4, 0.5) is 5.69 Å². The monoisotopic (exact) mass is 340 g/mol. The molecule has 3 nitrogen and oxygen atoms in total. The molecule has 1 rings (SSSR count). The number of carbonyl (C=O) groups excluding carboxylic acids is 1. The van der Waals surface area contributed by atoms with Gasteiger partial charge in [-0.25, -0.2) is 4.98 Å². The van der Waals surface area contributed by atoms with Crippen LogP contribution in [-0.4, -0.2) is 10.9 Å². The zero-order chi connectivity index (χ0) is 9.14. The van der Waals surface area contributed by atoms with Crippen LogP contribution >= 0.6 is 38.5 Å². The van der Waals surface area contributed by atoms with Gasteiger partial charge in [-0.1, -0.05) is 0 Å². The van der Waals surface area contributed by atoms with Gasteiger partial charge >= 0.3 is 0 Å². The fourth-order valence-electron chi connectivity index (χ4n) is 0.699. The molecule has 1 amide bonds. The quantitative estimate of drug-likeness (QED) is 0.630. The molecule has 0 radical (unpaired) electrons. The maximum atomic E-state index is 10.7. The van der Waals surface area contributed by atoms with Gasteiger partial charge in [-0.2, -0.15) is 0 Å². The highest BCUT2D eigenvalue weighted by molar-refractivity contribution is 14.1. The Balaban J connectivity index is 2.97. The first-order valence-electron chi connectivity index (χ1n) is 3.18. The van der Waals surface area contributed by atoms with Crippen molar-refractivity contribution in [1.29, 1.82) is 0 Å². The molecule has 0 spiro atoms. The minimum Gasteiger partial charge on any atom is -0.325 e. The summed E-state index contributed by atoms with van der Waals surface area (Å²) in [5.41, 5.74) is 0.782. The molecule has 1 aromatic heterocycles. The molecule has 0 fully saturated rings. The molecule has 0 bridgehead atoms. The molecular formula is C7H6BrIN2O. The van der Waals surface area contributed by atoms with Crippen LogP contribution in [0.2, 0.25) is 0 Å². The molecule has 1 aromatic rings. The third-order valence-corrected chi connectivity index (χ3v) is 2.43. The second-order valence-corrected chi connectivity index (χ2v) is 4.14. The topological polar surface area (TPSA) is 42.0 Å². The average Bonchev–Trinajstić information content (AvgIpc) is 1.96. The van der Waals surface area contributed by atoms with Crippen molar-refractivity contribution in [3.63, 3.8) is 0 Å². The Morgan fingerprint density at radius 1 is 1.75 bits per heavy atom. The van der Waals surface area contributed by atoms with Gasteiger partial charge < -0.3 is 5.32 Å². The number of aromatic nitrogens is 1. The minimum absolute atomic E-state index is 0.0778. The molecule has 12 heavy (non-hydrogen) atoms. The summed E-state index contributed by atoms with van der Waals surface area (Å²) >= 11 is 5.33. The predicted molar refractivity (Wildman–Crippen MR) is 59.0 cm³/mol.